The number of allylic oxidation sites excluding steroid dienone is 1. The molecule has 0 amide bonds. The summed E-state index contributed by atoms with van der Waals surface area (Å²) in [5.74, 6) is 0. The van der Waals surface area contributed by atoms with Crippen molar-refractivity contribution in [1.29, 1.82) is 0 Å². The summed E-state index contributed by atoms with van der Waals surface area (Å²) in [6.07, 6.45) is 10.3. The van der Waals surface area contributed by atoms with Crippen LogP contribution in [-0.2, 0) is 0 Å². The molecule has 84 valence electrons. The lowest BCUT2D eigenvalue weighted by Gasteiger charge is -2.06. The number of likely N-dealkylation sites (N-methyl/N-ethyl adjacent to an activating group) is 1. The third-order valence-electron chi connectivity index (χ3n) is 2.46. The first kappa shape index (κ1) is 13.7. The SMILES string of the molecule is CCCCC/C(=C\CNCC)CCC. The minimum Gasteiger partial charge on any atom is -0.314 e. The third-order valence-corrected chi connectivity index (χ3v) is 2.46. The molecular weight excluding hydrogens is 170 g/mol. The molecule has 0 bridgehead atoms. The molecule has 0 saturated carbocycles. The highest BCUT2D eigenvalue weighted by Crippen LogP contribution is 2.13. The highest BCUT2D eigenvalue weighted by atomic mass is 14.8. The Kier molecular flexibility index (Phi) is 10.5. The lowest BCUT2D eigenvalue weighted by atomic mass is 10.0. The topological polar surface area (TPSA) is 12.0 Å². The molecule has 14 heavy (non-hydrogen) atoms. The summed E-state index contributed by atoms with van der Waals surface area (Å²) in [5, 5.41) is 3.35. The van der Waals surface area contributed by atoms with Crippen LogP contribution in [0, 0.1) is 0 Å². The van der Waals surface area contributed by atoms with Crippen LogP contribution in [0.15, 0.2) is 11.6 Å². The van der Waals surface area contributed by atoms with Crippen LogP contribution >= 0.6 is 0 Å². The lowest BCUT2D eigenvalue weighted by Crippen LogP contribution is -2.12. The van der Waals surface area contributed by atoms with E-state index in [2.05, 4.69) is 32.2 Å². The Labute approximate surface area is 90.0 Å². The standard InChI is InChI=1S/C13H27N/c1-4-7-8-10-13(9-5-2)11-12-14-6-3/h11,14H,4-10,12H2,1-3H3/b13-11-. The van der Waals surface area contributed by atoms with Crippen molar-refractivity contribution in [2.45, 2.75) is 59.3 Å². The second kappa shape index (κ2) is 10.8. The number of hydrogen-bond acceptors (Lipinski definition) is 1. The molecule has 0 saturated heterocycles. The van der Waals surface area contributed by atoms with Crippen molar-refractivity contribution in [3.8, 4) is 0 Å². The normalized spacial score (nSPS) is 12.1. The highest BCUT2D eigenvalue weighted by Gasteiger charge is 1.95. The fourth-order valence-corrected chi connectivity index (χ4v) is 1.61. The van der Waals surface area contributed by atoms with E-state index in [1.54, 1.807) is 5.57 Å². The van der Waals surface area contributed by atoms with Crippen LogP contribution in [0.1, 0.15) is 59.3 Å². The Morgan fingerprint density at radius 3 is 2.36 bits per heavy atom. The van der Waals surface area contributed by atoms with Crippen LogP contribution in [0.5, 0.6) is 0 Å². The van der Waals surface area contributed by atoms with Gasteiger partial charge in [-0.1, -0.05) is 51.7 Å². The zero-order chi connectivity index (χ0) is 10.6. The van der Waals surface area contributed by atoms with Gasteiger partial charge in [-0.05, 0) is 25.8 Å². The molecule has 1 nitrogen and oxygen atoms in total. The molecule has 0 spiro atoms. The zero-order valence-electron chi connectivity index (χ0n) is 10.2. The molecule has 0 radical (unpaired) electrons. The summed E-state index contributed by atoms with van der Waals surface area (Å²) in [7, 11) is 0. The average molecular weight is 197 g/mol. The lowest BCUT2D eigenvalue weighted by molar-refractivity contribution is 0.685. The van der Waals surface area contributed by atoms with Gasteiger partial charge in [0.05, 0.1) is 0 Å². The first-order valence-corrected chi connectivity index (χ1v) is 6.23. The van der Waals surface area contributed by atoms with E-state index in [1.807, 2.05) is 0 Å². The van der Waals surface area contributed by atoms with E-state index in [4.69, 9.17) is 0 Å². The maximum Gasteiger partial charge on any atom is 0.0137 e. The second-order valence-corrected chi connectivity index (χ2v) is 3.88. The second-order valence-electron chi connectivity index (χ2n) is 3.88. The van der Waals surface area contributed by atoms with Gasteiger partial charge in [-0.3, -0.25) is 0 Å². The van der Waals surface area contributed by atoms with Gasteiger partial charge >= 0.3 is 0 Å². The summed E-state index contributed by atoms with van der Waals surface area (Å²) in [6, 6.07) is 0. The molecule has 0 aromatic carbocycles. The molecule has 0 aliphatic rings. The van der Waals surface area contributed by atoms with E-state index in [0.717, 1.165) is 13.1 Å². The van der Waals surface area contributed by atoms with Crippen molar-refractivity contribution in [1.82, 2.24) is 5.32 Å². The Bertz CT molecular complexity index is 138. The fraction of sp³-hybridized carbons (Fsp3) is 0.846. The predicted molar refractivity (Wildman–Crippen MR) is 65.7 cm³/mol. The van der Waals surface area contributed by atoms with Gasteiger partial charge in [0.15, 0.2) is 0 Å². The first-order chi connectivity index (χ1) is 6.85. The summed E-state index contributed by atoms with van der Waals surface area (Å²) in [6.45, 7) is 8.82. The molecule has 0 rings (SSSR count). The smallest absolute Gasteiger partial charge is 0.0137 e. The van der Waals surface area contributed by atoms with Gasteiger partial charge in [0.2, 0.25) is 0 Å². The van der Waals surface area contributed by atoms with Crippen molar-refractivity contribution in [2.75, 3.05) is 13.1 Å². The minimum absolute atomic E-state index is 1.05. The number of hydrogen-bond donors (Lipinski definition) is 1. The average Bonchev–Trinajstić information content (AvgIpc) is 2.18. The molecule has 0 unspecified atom stereocenters. The minimum atomic E-state index is 1.05. The summed E-state index contributed by atoms with van der Waals surface area (Å²) >= 11 is 0. The van der Waals surface area contributed by atoms with Crippen LogP contribution in [0.4, 0.5) is 0 Å². The van der Waals surface area contributed by atoms with E-state index in [0.29, 0.717) is 0 Å². The number of nitrogens with one attached hydrogen (secondary N) is 1. The van der Waals surface area contributed by atoms with Crippen LogP contribution in [-0.4, -0.2) is 13.1 Å². The van der Waals surface area contributed by atoms with Gasteiger partial charge in [0.25, 0.3) is 0 Å². The number of unbranched alkanes of at least 4 members (excludes halogenated alkanes) is 2. The number of rotatable bonds is 9. The van der Waals surface area contributed by atoms with Gasteiger partial charge in [0, 0.05) is 6.54 Å². The van der Waals surface area contributed by atoms with E-state index in [-0.39, 0.29) is 0 Å². The zero-order valence-corrected chi connectivity index (χ0v) is 10.2. The van der Waals surface area contributed by atoms with Crippen molar-refractivity contribution in [2.24, 2.45) is 0 Å². The Hall–Kier alpha value is -0.300. The quantitative estimate of drug-likeness (QED) is 0.436. The van der Waals surface area contributed by atoms with Crippen LogP contribution in [0.2, 0.25) is 0 Å². The van der Waals surface area contributed by atoms with E-state index in [9.17, 15) is 0 Å². The van der Waals surface area contributed by atoms with Gasteiger partial charge in [-0.15, -0.1) is 0 Å². The van der Waals surface area contributed by atoms with Crippen LogP contribution in [0.3, 0.4) is 0 Å². The van der Waals surface area contributed by atoms with Gasteiger partial charge < -0.3 is 5.32 Å². The molecule has 0 atom stereocenters. The van der Waals surface area contributed by atoms with Crippen molar-refractivity contribution in [3.63, 3.8) is 0 Å². The molecule has 0 fully saturated rings. The molecule has 0 aliphatic carbocycles. The van der Waals surface area contributed by atoms with Gasteiger partial charge in [-0.25, -0.2) is 0 Å². The van der Waals surface area contributed by atoms with E-state index >= 15 is 0 Å². The van der Waals surface area contributed by atoms with Crippen LogP contribution in [0.25, 0.3) is 0 Å². The molecule has 0 aromatic rings. The van der Waals surface area contributed by atoms with E-state index in [1.165, 1.54) is 38.5 Å². The first-order valence-electron chi connectivity index (χ1n) is 6.23. The van der Waals surface area contributed by atoms with Crippen molar-refractivity contribution < 1.29 is 0 Å². The van der Waals surface area contributed by atoms with Crippen LogP contribution < -0.4 is 5.32 Å². The van der Waals surface area contributed by atoms with E-state index < -0.39 is 0 Å². The highest BCUT2D eigenvalue weighted by molar-refractivity contribution is 5.02. The largest absolute Gasteiger partial charge is 0.314 e. The molecule has 0 aromatic heterocycles. The summed E-state index contributed by atoms with van der Waals surface area (Å²) in [4.78, 5) is 0. The summed E-state index contributed by atoms with van der Waals surface area (Å²) < 4.78 is 0. The Balaban J connectivity index is 3.69. The van der Waals surface area contributed by atoms with Gasteiger partial charge in [-0.2, -0.15) is 0 Å². The summed E-state index contributed by atoms with van der Waals surface area (Å²) in [5.41, 5.74) is 1.65. The molecule has 0 aliphatic heterocycles. The molecular formula is C13H27N. The molecule has 1 heteroatoms. The van der Waals surface area contributed by atoms with Gasteiger partial charge in [0.1, 0.15) is 0 Å². The maximum atomic E-state index is 3.35. The van der Waals surface area contributed by atoms with Crippen molar-refractivity contribution >= 4 is 0 Å². The fourth-order valence-electron chi connectivity index (χ4n) is 1.61. The maximum absolute atomic E-state index is 3.35. The predicted octanol–water partition coefficient (Wildman–Crippen LogP) is 3.90. The van der Waals surface area contributed by atoms with Crippen molar-refractivity contribution in [3.05, 3.63) is 11.6 Å². The Morgan fingerprint density at radius 1 is 1.00 bits per heavy atom. The molecule has 0 heterocycles. The molecule has 1 N–H and O–H groups in total. The third kappa shape index (κ3) is 8.31. The Morgan fingerprint density at radius 2 is 1.79 bits per heavy atom. The monoisotopic (exact) mass is 197 g/mol.